The van der Waals surface area contributed by atoms with E-state index in [4.69, 9.17) is 0 Å². The van der Waals surface area contributed by atoms with E-state index in [1.165, 1.54) is 86.9 Å². The predicted molar refractivity (Wildman–Crippen MR) is 117 cm³/mol. The van der Waals surface area contributed by atoms with Crippen LogP contribution in [0.3, 0.4) is 0 Å². The van der Waals surface area contributed by atoms with Crippen LogP contribution in [-0.4, -0.2) is 6.29 Å². The fourth-order valence-corrected chi connectivity index (χ4v) is 4.09. The average molecular weight is 375 g/mol. The van der Waals surface area contributed by atoms with Crippen molar-refractivity contribution >= 4 is 18.0 Å². The van der Waals surface area contributed by atoms with Gasteiger partial charge in [-0.05, 0) is 29.9 Å². The second kappa shape index (κ2) is 17.4. The molecule has 0 heterocycles. The van der Waals surface area contributed by atoms with Crippen molar-refractivity contribution in [1.29, 1.82) is 0 Å². The molecular formula is C24H38OS. The van der Waals surface area contributed by atoms with Gasteiger partial charge in [-0.15, -0.1) is 0 Å². The molecular weight excluding hydrogens is 336 g/mol. The molecule has 0 bridgehead atoms. The molecule has 0 aliphatic rings. The molecule has 1 aromatic rings. The Morgan fingerprint density at radius 3 is 1.88 bits per heavy atom. The molecule has 0 amide bonds. The maximum absolute atomic E-state index is 10.9. The number of rotatable bonds is 17. The quantitative estimate of drug-likeness (QED) is 0.155. The van der Waals surface area contributed by atoms with Crippen molar-refractivity contribution in [3.05, 3.63) is 41.3 Å². The smallest absolute Gasteiger partial charge is 0.124 e. The van der Waals surface area contributed by atoms with Gasteiger partial charge in [-0.1, -0.05) is 114 Å². The van der Waals surface area contributed by atoms with E-state index in [2.05, 4.69) is 25.1 Å². The molecule has 1 nitrogen and oxygen atoms in total. The predicted octanol–water partition coefficient (Wildman–Crippen LogP) is 8.34. The van der Waals surface area contributed by atoms with Gasteiger partial charge in [0, 0.05) is 11.3 Å². The molecule has 0 spiro atoms. The summed E-state index contributed by atoms with van der Waals surface area (Å²) in [6.45, 7) is 2.28. The molecule has 26 heavy (non-hydrogen) atoms. The van der Waals surface area contributed by atoms with Crippen LogP contribution in [0, 0.1) is 0 Å². The van der Waals surface area contributed by atoms with Crippen LogP contribution in [-0.2, 0) is 4.79 Å². The van der Waals surface area contributed by atoms with E-state index < -0.39 is 0 Å². The number of hydrogen-bond donors (Lipinski definition) is 0. The van der Waals surface area contributed by atoms with Gasteiger partial charge in [-0.3, -0.25) is 0 Å². The van der Waals surface area contributed by atoms with Crippen LogP contribution in [0.4, 0.5) is 0 Å². The molecule has 0 aliphatic heterocycles. The maximum Gasteiger partial charge on any atom is 0.124 e. The molecule has 0 saturated carbocycles. The Kier molecular flexibility index (Phi) is 15.4. The van der Waals surface area contributed by atoms with Gasteiger partial charge in [-0.25, -0.2) is 0 Å². The summed E-state index contributed by atoms with van der Waals surface area (Å²) in [5.74, 6) is 0. The summed E-state index contributed by atoms with van der Waals surface area (Å²) in [5, 5.41) is 0. The largest absolute Gasteiger partial charge is 0.303 e. The van der Waals surface area contributed by atoms with Crippen molar-refractivity contribution in [3.63, 3.8) is 0 Å². The van der Waals surface area contributed by atoms with Crippen molar-refractivity contribution < 1.29 is 4.79 Å². The molecule has 0 N–H and O–H groups in total. The highest BCUT2D eigenvalue weighted by Crippen LogP contribution is 2.28. The van der Waals surface area contributed by atoms with E-state index >= 15 is 0 Å². The SMILES string of the molecule is CCCCCCCCCCCCCC/C=C(/CC=O)Sc1ccccc1. The Balaban J connectivity index is 2.01. The zero-order valence-electron chi connectivity index (χ0n) is 16.8. The van der Waals surface area contributed by atoms with Crippen LogP contribution in [0.5, 0.6) is 0 Å². The summed E-state index contributed by atoms with van der Waals surface area (Å²) in [7, 11) is 0. The third-order valence-corrected chi connectivity index (χ3v) is 5.81. The van der Waals surface area contributed by atoms with Gasteiger partial charge in [0.25, 0.3) is 0 Å². The maximum atomic E-state index is 10.9. The highest BCUT2D eigenvalue weighted by atomic mass is 32.2. The van der Waals surface area contributed by atoms with Gasteiger partial charge < -0.3 is 4.79 Å². The molecule has 0 aliphatic carbocycles. The summed E-state index contributed by atoms with van der Waals surface area (Å²) in [6, 6.07) is 10.3. The van der Waals surface area contributed by atoms with Crippen LogP contribution in [0.25, 0.3) is 0 Å². The highest BCUT2D eigenvalue weighted by Gasteiger charge is 2.00. The Labute approximate surface area is 166 Å². The van der Waals surface area contributed by atoms with Gasteiger partial charge >= 0.3 is 0 Å². The first-order valence-electron chi connectivity index (χ1n) is 10.7. The molecule has 0 radical (unpaired) electrons. The summed E-state index contributed by atoms with van der Waals surface area (Å²) in [4.78, 5) is 13.3. The average Bonchev–Trinajstić information content (AvgIpc) is 2.66. The Bertz CT molecular complexity index is 466. The van der Waals surface area contributed by atoms with Crippen molar-refractivity contribution in [3.8, 4) is 0 Å². The zero-order valence-corrected chi connectivity index (χ0v) is 17.6. The number of carbonyl (C=O) groups is 1. The first-order valence-corrected chi connectivity index (χ1v) is 11.5. The minimum absolute atomic E-state index is 0.540. The number of carbonyl (C=O) groups excluding carboxylic acids is 1. The molecule has 0 atom stereocenters. The second-order valence-electron chi connectivity index (χ2n) is 7.13. The molecule has 1 rings (SSSR count). The molecule has 0 aromatic heterocycles. The van der Waals surface area contributed by atoms with E-state index in [-0.39, 0.29) is 0 Å². The van der Waals surface area contributed by atoms with Gasteiger partial charge in [-0.2, -0.15) is 0 Å². The molecule has 2 heteroatoms. The topological polar surface area (TPSA) is 17.1 Å². The van der Waals surface area contributed by atoms with E-state index in [0.717, 1.165) is 12.7 Å². The van der Waals surface area contributed by atoms with Crippen LogP contribution in [0.1, 0.15) is 96.8 Å². The number of benzene rings is 1. The van der Waals surface area contributed by atoms with Gasteiger partial charge in [0.05, 0.1) is 0 Å². The van der Waals surface area contributed by atoms with E-state index in [1.54, 1.807) is 11.8 Å². The third-order valence-electron chi connectivity index (χ3n) is 4.71. The number of hydrogen-bond acceptors (Lipinski definition) is 2. The molecule has 1 aromatic carbocycles. The summed E-state index contributed by atoms with van der Waals surface area (Å²) < 4.78 is 0. The Hall–Kier alpha value is -1.02. The monoisotopic (exact) mass is 374 g/mol. The Morgan fingerprint density at radius 2 is 1.35 bits per heavy atom. The molecule has 146 valence electrons. The van der Waals surface area contributed by atoms with Crippen LogP contribution in [0.2, 0.25) is 0 Å². The van der Waals surface area contributed by atoms with Crippen molar-refractivity contribution in [2.24, 2.45) is 0 Å². The number of aldehydes is 1. The highest BCUT2D eigenvalue weighted by molar-refractivity contribution is 8.03. The van der Waals surface area contributed by atoms with Crippen molar-refractivity contribution in [2.75, 3.05) is 0 Å². The standard InChI is InChI=1S/C24H38OS/c1-2-3-4-5-6-7-8-9-10-11-12-13-15-20-24(21-22-25)26-23-18-16-14-17-19-23/h14,16-20,22H,2-13,15,21H2,1H3/b24-20-. The lowest BCUT2D eigenvalue weighted by molar-refractivity contribution is -0.107. The van der Waals surface area contributed by atoms with Crippen molar-refractivity contribution in [2.45, 2.75) is 102 Å². The lowest BCUT2D eigenvalue weighted by atomic mass is 10.0. The van der Waals surface area contributed by atoms with Gasteiger partial charge in [0.15, 0.2) is 0 Å². The van der Waals surface area contributed by atoms with Gasteiger partial charge in [0.2, 0.25) is 0 Å². The molecule has 0 unspecified atom stereocenters. The minimum Gasteiger partial charge on any atom is -0.303 e. The second-order valence-corrected chi connectivity index (χ2v) is 8.33. The van der Waals surface area contributed by atoms with E-state index in [0.29, 0.717) is 6.42 Å². The zero-order chi connectivity index (χ0) is 18.7. The molecule has 0 saturated heterocycles. The third kappa shape index (κ3) is 13.2. The normalized spacial score (nSPS) is 11.7. The first-order chi connectivity index (χ1) is 12.9. The number of unbranched alkanes of at least 4 members (excludes halogenated alkanes) is 12. The van der Waals surface area contributed by atoms with E-state index in [1.807, 2.05) is 18.2 Å². The first kappa shape index (κ1) is 23.0. The minimum atomic E-state index is 0.540. The summed E-state index contributed by atoms with van der Waals surface area (Å²) in [6.07, 6.45) is 21.5. The fourth-order valence-electron chi connectivity index (χ4n) is 3.14. The van der Waals surface area contributed by atoms with Crippen LogP contribution < -0.4 is 0 Å². The summed E-state index contributed by atoms with van der Waals surface area (Å²) in [5.41, 5.74) is 0. The lowest BCUT2D eigenvalue weighted by Gasteiger charge is -2.05. The van der Waals surface area contributed by atoms with E-state index in [9.17, 15) is 4.79 Å². The lowest BCUT2D eigenvalue weighted by Crippen LogP contribution is -1.84. The molecule has 0 fully saturated rings. The van der Waals surface area contributed by atoms with Crippen LogP contribution in [0.15, 0.2) is 46.2 Å². The van der Waals surface area contributed by atoms with Crippen LogP contribution >= 0.6 is 11.8 Å². The summed E-state index contributed by atoms with van der Waals surface area (Å²) >= 11 is 1.73. The van der Waals surface area contributed by atoms with Gasteiger partial charge in [0.1, 0.15) is 6.29 Å². The Morgan fingerprint density at radius 1 is 0.808 bits per heavy atom. The number of allylic oxidation sites excluding steroid dienone is 2. The van der Waals surface area contributed by atoms with Crippen molar-refractivity contribution in [1.82, 2.24) is 0 Å². The fraction of sp³-hybridized carbons (Fsp3) is 0.625. The number of thioether (sulfide) groups is 1.